The van der Waals surface area contributed by atoms with Gasteiger partial charge < -0.3 is 35.4 Å². The Morgan fingerprint density at radius 1 is 1.18 bits per heavy atom. The lowest BCUT2D eigenvalue weighted by atomic mass is 9.94. The summed E-state index contributed by atoms with van der Waals surface area (Å²) in [6.45, 7) is 0.615. The van der Waals surface area contributed by atoms with Crippen molar-refractivity contribution in [2.45, 2.75) is 43.8 Å². The molecule has 2 unspecified atom stereocenters. The molecule has 1 aromatic carbocycles. The van der Waals surface area contributed by atoms with E-state index in [9.17, 15) is 20.1 Å². The van der Waals surface area contributed by atoms with E-state index in [0.717, 1.165) is 12.8 Å². The van der Waals surface area contributed by atoms with Crippen molar-refractivity contribution in [3.05, 3.63) is 40.4 Å². The second-order valence-electron chi connectivity index (χ2n) is 9.37. The number of carbonyl (C=O) groups excluding carboxylic acids is 1. The highest BCUT2D eigenvalue weighted by molar-refractivity contribution is 6.42. The highest BCUT2D eigenvalue weighted by atomic mass is 35.5. The Balaban J connectivity index is 1.20. The van der Waals surface area contributed by atoms with Crippen LogP contribution in [0.4, 0.5) is 10.6 Å². The summed E-state index contributed by atoms with van der Waals surface area (Å²) in [7, 11) is 0. The fraction of sp³-hybridized carbons (Fsp3) is 0.440. The van der Waals surface area contributed by atoms with Gasteiger partial charge in [-0.3, -0.25) is 4.57 Å². The van der Waals surface area contributed by atoms with Crippen molar-refractivity contribution >= 4 is 46.3 Å². The zero-order valence-corrected chi connectivity index (χ0v) is 22.1. The Hall–Kier alpha value is -3.18. The number of rotatable bonds is 4. The van der Waals surface area contributed by atoms with Crippen molar-refractivity contribution in [3.63, 3.8) is 0 Å². The van der Waals surface area contributed by atoms with E-state index in [1.807, 2.05) is 0 Å². The number of piperidine rings is 1. The van der Waals surface area contributed by atoms with Crippen LogP contribution in [0, 0.1) is 17.8 Å². The number of imidazole rings is 1. The molecule has 14 heteroatoms. The number of aliphatic hydroxyl groups is 3. The molecule has 0 saturated carbocycles. The predicted molar refractivity (Wildman–Crippen MR) is 141 cm³/mol. The Kier molecular flexibility index (Phi) is 8.08. The summed E-state index contributed by atoms with van der Waals surface area (Å²) in [4.78, 5) is 27.0. The van der Waals surface area contributed by atoms with E-state index >= 15 is 0 Å². The number of halogens is 2. The molecule has 3 aromatic rings. The number of ether oxygens (including phenoxy) is 2. The molecule has 5 rings (SSSR count). The van der Waals surface area contributed by atoms with Crippen LogP contribution < -0.4 is 10.5 Å². The van der Waals surface area contributed by atoms with Crippen molar-refractivity contribution in [1.82, 2.24) is 24.4 Å². The van der Waals surface area contributed by atoms with Crippen LogP contribution in [-0.4, -0.2) is 83.8 Å². The smallest absolute Gasteiger partial charge is 0.410 e. The average Bonchev–Trinajstić information content (AvgIpc) is 3.47. The van der Waals surface area contributed by atoms with E-state index in [0.29, 0.717) is 40.8 Å². The van der Waals surface area contributed by atoms with Gasteiger partial charge in [0.25, 0.3) is 0 Å². The number of hydrogen-bond acceptors (Lipinski definition) is 10. The molecule has 0 radical (unpaired) electrons. The van der Waals surface area contributed by atoms with E-state index in [4.69, 9.17) is 38.4 Å². The normalized spacial score (nSPS) is 23.6. The maximum Gasteiger partial charge on any atom is 0.415 e. The van der Waals surface area contributed by atoms with E-state index in [1.165, 1.54) is 17.0 Å². The number of aliphatic hydroxyl groups excluding tert-OH is 3. The number of nitrogen functional groups attached to an aromatic ring is 1. The molecule has 2 aliphatic rings. The first-order chi connectivity index (χ1) is 18.7. The van der Waals surface area contributed by atoms with Crippen molar-refractivity contribution in [2.24, 2.45) is 5.92 Å². The first kappa shape index (κ1) is 27.4. The average molecular weight is 577 g/mol. The molecule has 2 aromatic heterocycles. The van der Waals surface area contributed by atoms with Crippen LogP contribution in [0.2, 0.25) is 10.0 Å². The molecule has 0 bridgehead atoms. The summed E-state index contributed by atoms with van der Waals surface area (Å²) in [6.07, 6.45) is -1.48. The van der Waals surface area contributed by atoms with Crippen molar-refractivity contribution in [2.75, 3.05) is 25.4 Å². The largest absolute Gasteiger partial charge is 0.415 e. The molecular formula is C25H26Cl2N6O6. The summed E-state index contributed by atoms with van der Waals surface area (Å²) in [5, 5.41) is 30.5. The number of amides is 1. The van der Waals surface area contributed by atoms with Gasteiger partial charge in [0.15, 0.2) is 17.7 Å². The van der Waals surface area contributed by atoms with E-state index in [1.54, 1.807) is 17.0 Å². The first-order valence-corrected chi connectivity index (χ1v) is 13.0. The molecule has 1 amide bonds. The molecule has 2 saturated heterocycles. The van der Waals surface area contributed by atoms with Crippen LogP contribution >= 0.6 is 23.2 Å². The Morgan fingerprint density at radius 2 is 1.95 bits per heavy atom. The molecule has 4 heterocycles. The monoisotopic (exact) mass is 576 g/mol. The summed E-state index contributed by atoms with van der Waals surface area (Å²) >= 11 is 11.9. The highest BCUT2D eigenvalue weighted by Gasteiger charge is 2.44. The summed E-state index contributed by atoms with van der Waals surface area (Å²) < 4.78 is 12.4. The SMILES string of the molecule is Nc1nc(C#CCC2CCN(C(=O)Oc3ccc(Cl)c(Cl)c3)CC2)nc2c1ncn2[C@@H]1O[C@H](CO)C(O)C1O. The van der Waals surface area contributed by atoms with E-state index < -0.39 is 37.2 Å². The first-order valence-electron chi connectivity index (χ1n) is 12.3. The van der Waals surface area contributed by atoms with Gasteiger partial charge in [-0.25, -0.2) is 19.7 Å². The Labute approximate surface area is 233 Å². The van der Waals surface area contributed by atoms with Gasteiger partial charge in [0.05, 0.1) is 23.0 Å². The lowest BCUT2D eigenvalue weighted by Crippen LogP contribution is -2.40. The fourth-order valence-corrected chi connectivity index (χ4v) is 4.88. The van der Waals surface area contributed by atoms with Gasteiger partial charge >= 0.3 is 6.09 Å². The minimum absolute atomic E-state index is 0.114. The number of hydrogen-bond donors (Lipinski definition) is 4. The van der Waals surface area contributed by atoms with Gasteiger partial charge in [-0.1, -0.05) is 29.1 Å². The van der Waals surface area contributed by atoms with Crippen LogP contribution in [0.15, 0.2) is 24.5 Å². The van der Waals surface area contributed by atoms with Crippen LogP contribution in [0.1, 0.15) is 31.3 Å². The van der Waals surface area contributed by atoms with Gasteiger partial charge in [-0.05, 0) is 36.8 Å². The number of anilines is 1. The number of carbonyl (C=O) groups is 1. The molecule has 2 fully saturated rings. The Morgan fingerprint density at radius 3 is 2.64 bits per heavy atom. The lowest BCUT2D eigenvalue weighted by molar-refractivity contribution is -0.0511. The molecule has 0 aliphatic carbocycles. The van der Waals surface area contributed by atoms with Crippen molar-refractivity contribution in [1.29, 1.82) is 0 Å². The molecular weight excluding hydrogens is 551 g/mol. The molecule has 39 heavy (non-hydrogen) atoms. The molecule has 0 spiro atoms. The second-order valence-corrected chi connectivity index (χ2v) is 10.2. The molecule has 12 nitrogen and oxygen atoms in total. The molecule has 5 N–H and O–H groups in total. The van der Waals surface area contributed by atoms with E-state index in [2.05, 4.69) is 26.8 Å². The van der Waals surface area contributed by atoms with E-state index in [-0.39, 0.29) is 23.2 Å². The number of benzene rings is 1. The maximum absolute atomic E-state index is 12.5. The van der Waals surface area contributed by atoms with Gasteiger partial charge in [0, 0.05) is 25.6 Å². The van der Waals surface area contributed by atoms with Gasteiger partial charge in [0.2, 0.25) is 5.82 Å². The molecule has 2 aliphatic heterocycles. The predicted octanol–water partition coefficient (Wildman–Crippen LogP) is 1.98. The maximum atomic E-state index is 12.5. The van der Waals surface area contributed by atoms with Gasteiger partial charge in [-0.2, -0.15) is 0 Å². The molecule has 206 valence electrons. The zero-order valence-electron chi connectivity index (χ0n) is 20.6. The lowest BCUT2D eigenvalue weighted by Gasteiger charge is -2.30. The highest BCUT2D eigenvalue weighted by Crippen LogP contribution is 2.32. The second kappa shape index (κ2) is 11.5. The Bertz CT molecular complexity index is 1430. The standard InChI is InChI=1S/C25H26Cl2N6O6/c26-15-5-4-14(10-16(15)27)38-25(37)32-8-6-13(7-9-32)2-1-3-18-30-22(28)19-23(31-18)33(12-29-19)24-21(36)20(35)17(11-34)39-24/h4-5,10,12-13,17,20-21,24,34-36H,2,6-9,11H2,(H2,28,30,31)/t17-,20?,21?,24-/m1/s1. The van der Waals surface area contributed by atoms with Crippen LogP contribution in [-0.2, 0) is 4.74 Å². The van der Waals surface area contributed by atoms with Crippen LogP contribution in [0.5, 0.6) is 5.75 Å². The van der Waals surface area contributed by atoms with Gasteiger partial charge in [0.1, 0.15) is 29.6 Å². The number of nitrogens with zero attached hydrogens (tertiary/aromatic N) is 5. The topological polar surface area (TPSA) is 169 Å². The summed E-state index contributed by atoms with van der Waals surface area (Å²) in [5.41, 5.74) is 6.65. The van der Waals surface area contributed by atoms with Gasteiger partial charge in [-0.15, -0.1) is 0 Å². The summed E-state index contributed by atoms with van der Waals surface area (Å²) in [6, 6.07) is 4.66. The third-order valence-electron chi connectivity index (χ3n) is 6.80. The number of aromatic nitrogens is 4. The fourth-order valence-electron chi connectivity index (χ4n) is 4.59. The summed E-state index contributed by atoms with van der Waals surface area (Å²) in [5.74, 6) is 6.93. The minimum Gasteiger partial charge on any atom is -0.410 e. The third-order valence-corrected chi connectivity index (χ3v) is 7.54. The van der Waals surface area contributed by atoms with Crippen LogP contribution in [0.3, 0.4) is 0 Å². The zero-order chi connectivity index (χ0) is 27.7. The molecule has 4 atom stereocenters. The third kappa shape index (κ3) is 5.74. The van der Waals surface area contributed by atoms with Crippen LogP contribution in [0.25, 0.3) is 11.2 Å². The van der Waals surface area contributed by atoms with Crippen molar-refractivity contribution in [3.8, 4) is 17.6 Å². The number of likely N-dealkylation sites (tertiary alicyclic amines) is 1. The van der Waals surface area contributed by atoms with Crippen molar-refractivity contribution < 1.29 is 29.6 Å². The quantitative estimate of drug-likeness (QED) is 0.337. The number of nitrogens with two attached hydrogens (primary N) is 1. The number of fused-ring (bicyclic) bond motifs is 1. The minimum atomic E-state index is -1.29.